The van der Waals surface area contributed by atoms with Crippen molar-refractivity contribution in [2.24, 2.45) is 29.1 Å². The highest BCUT2D eigenvalue weighted by Crippen LogP contribution is 2.43. The predicted octanol–water partition coefficient (Wildman–Crippen LogP) is 10.6. The summed E-state index contributed by atoms with van der Waals surface area (Å²) in [7, 11) is -2.48. The molecule has 0 heterocycles. The van der Waals surface area contributed by atoms with Gasteiger partial charge in [0.2, 0.25) is 0 Å². The summed E-state index contributed by atoms with van der Waals surface area (Å²) in [6, 6.07) is 0. The molecule has 5 nitrogen and oxygen atoms in total. The van der Waals surface area contributed by atoms with E-state index >= 15 is 0 Å². The summed E-state index contributed by atoms with van der Waals surface area (Å²) in [5.74, 6) is 0.428. The maximum absolute atomic E-state index is 14.3. The first-order valence-corrected chi connectivity index (χ1v) is 23.3. The van der Waals surface area contributed by atoms with Crippen LogP contribution >= 0.6 is 0 Å². The van der Waals surface area contributed by atoms with E-state index < -0.39 is 22.0 Å². The van der Waals surface area contributed by atoms with Crippen LogP contribution in [0, 0.1) is 29.1 Å². The molecule has 45 heavy (non-hydrogen) atoms. The van der Waals surface area contributed by atoms with Gasteiger partial charge in [0.25, 0.3) is 0 Å². The summed E-state index contributed by atoms with van der Waals surface area (Å²) in [5, 5.41) is 10.1. The van der Waals surface area contributed by atoms with E-state index in [4.69, 9.17) is 13.6 Å². The maximum atomic E-state index is 14.3. The first-order valence-electron chi connectivity index (χ1n) is 17.4. The Hall–Kier alpha value is -0.576. The third kappa shape index (κ3) is 12.8. The van der Waals surface area contributed by atoms with Crippen LogP contribution in [0.25, 0.3) is 0 Å². The molecule has 0 spiro atoms. The van der Waals surface area contributed by atoms with Crippen molar-refractivity contribution in [3.05, 3.63) is 23.3 Å². The van der Waals surface area contributed by atoms with Gasteiger partial charge in [0.1, 0.15) is 5.78 Å². The van der Waals surface area contributed by atoms with E-state index in [-0.39, 0.29) is 58.5 Å². The van der Waals surface area contributed by atoms with Crippen molar-refractivity contribution in [1.82, 2.24) is 0 Å². The zero-order valence-electron chi connectivity index (χ0n) is 33.4. The molecule has 0 amide bonds. The van der Waals surface area contributed by atoms with Gasteiger partial charge in [-0.15, -0.1) is 0 Å². The monoisotopic (exact) mass is 669 g/mol. The number of ketones is 1. The van der Waals surface area contributed by atoms with E-state index in [9.17, 15) is 9.90 Å². The summed E-state index contributed by atoms with van der Waals surface area (Å²) in [6.07, 6.45) is 5.28. The Morgan fingerprint density at radius 3 is 1.67 bits per heavy atom. The molecule has 0 bridgehead atoms. The lowest BCUT2D eigenvalue weighted by Crippen LogP contribution is -2.52. The number of ether oxygens (including phenoxy) is 1. The lowest BCUT2D eigenvalue weighted by Gasteiger charge is -2.45. The van der Waals surface area contributed by atoms with Gasteiger partial charge in [0.15, 0.2) is 16.6 Å². The van der Waals surface area contributed by atoms with Crippen molar-refractivity contribution in [3.63, 3.8) is 0 Å². The number of hydrogen-bond donors (Lipinski definition) is 1. The van der Waals surface area contributed by atoms with Gasteiger partial charge in [-0.2, -0.15) is 0 Å². The van der Waals surface area contributed by atoms with Gasteiger partial charge >= 0.3 is 0 Å². The quantitative estimate of drug-likeness (QED) is 0.116. The standard InChI is InChI=1S/C38H76O5Si2/c1-26(2)23-27(3)24-28(4)33(43-45(19,20)37(11,12)13)29(5)25-30(6)34(40)38(14,15)35(41-16)31(7)32(21-22-39)42-44(17,18)36(8,9)10/h23-24,27,29-33,35,39H,21-22,25H2,1-20H3/b28-24+/t27-,29-,30-,31+,32-,33+,35-/m0/s1. The number of carbonyl (C=O) groups is 1. The Morgan fingerprint density at radius 2 is 1.27 bits per heavy atom. The fourth-order valence-corrected chi connectivity index (χ4v) is 9.12. The number of methoxy groups -OCH3 is 1. The van der Waals surface area contributed by atoms with Crippen LogP contribution in [0.15, 0.2) is 23.3 Å². The Bertz CT molecular complexity index is 979. The minimum absolute atomic E-state index is 0.0388. The van der Waals surface area contributed by atoms with E-state index in [1.54, 1.807) is 7.11 Å². The normalized spacial score (nSPS) is 18.9. The molecule has 0 unspecified atom stereocenters. The largest absolute Gasteiger partial charge is 0.413 e. The molecule has 0 saturated carbocycles. The number of Topliss-reactive ketones (excluding diaryl/α,β-unsaturated/α-hetero) is 1. The van der Waals surface area contributed by atoms with Crippen LogP contribution in [-0.4, -0.2) is 59.6 Å². The van der Waals surface area contributed by atoms with E-state index in [1.807, 2.05) is 13.8 Å². The Balaban J connectivity index is 6.34. The fourth-order valence-electron chi connectivity index (χ4n) is 6.27. The van der Waals surface area contributed by atoms with Crippen molar-refractivity contribution >= 4 is 22.4 Å². The molecule has 0 aromatic rings. The molecule has 0 aromatic heterocycles. The lowest BCUT2D eigenvalue weighted by molar-refractivity contribution is -0.145. The first kappa shape index (κ1) is 44.4. The molecule has 0 radical (unpaired) electrons. The molecule has 0 saturated heterocycles. The Kier molecular flexibility index (Phi) is 17.0. The Labute approximate surface area is 282 Å². The molecule has 7 heteroatoms. The topological polar surface area (TPSA) is 65.0 Å². The van der Waals surface area contributed by atoms with Crippen molar-refractivity contribution in [2.45, 2.75) is 171 Å². The molecule has 1 N–H and O–H groups in total. The highest BCUT2D eigenvalue weighted by Gasteiger charge is 2.47. The van der Waals surface area contributed by atoms with E-state index in [0.717, 1.165) is 6.42 Å². The third-order valence-electron chi connectivity index (χ3n) is 10.8. The molecule has 0 fully saturated rings. The maximum Gasteiger partial charge on any atom is 0.192 e. The van der Waals surface area contributed by atoms with Gasteiger partial charge in [-0.05, 0) is 87.3 Å². The van der Waals surface area contributed by atoms with Crippen LogP contribution in [-0.2, 0) is 18.4 Å². The molecular formula is C38H76O5Si2. The van der Waals surface area contributed by atoms with Crippen LogP contribution in [0.4, 0.5) is 0 Å². The second-order valence-corrected chi connectivity index (χ2v) is 27.5. The average molecular weight is 669 g/mol. The third-order valence-corrected chi connectivity index (χ3v) is 19.8. The summed E-state index contributed by atoms with van der Waals surface area (Å²) >= 11 is 0. The van der Waals surface area contributed by atoms with Crippen LogP contribution in [0.2, 0.25) is 36.3 Å². The second kappa shape index (κ2) is 17.2. The SMILES string of the molecule is CO[C@@H]([C@H](C)[C@H](CCO)O[Si](C)(C)C(C)(C)C)C(C)(C)C(=O)[C@@H](C)C[C@H](C)[C@H](O[Si](C)(C)C(C)(C)C)/C(C)=C/[C@@H](C)C=C(C)C. The van der Waals surface area contributed by atoms with Crippen molar-refractivity contribution < 1.29 is 23.5 Å². The average Bonchev–Trinajstić information content (AvgIpc) is 2.84. The van der Waals surface area contributed by atoms with Crippen LogP contribution in [0.3, 0.4) is 0 Å². The zero-order valence-corrected chi connectivity index (χ0v) is 35.4. The van der Waals surface area contributed by atoms with Crippen LogP contribution in [0.1, 0.15) is 117 Å². The van der Waals surface area contributed by atoms with Crippen LogP contribution < -0.4 is 0 Å². The van der Waals surface area contributed by atoms with Gasteiger partial charge in [-0.3, -0.25) is 4.79 Å². The molecule has 0 aromatic carbocycles. The number of allylic oxidation sites excluding steroid dienone is 3. The van der Waals surface area contributed by atoms with Crippen molar-refractivity contribution in [1.29, 1.82) is 0 Å². The highest BCUT2D eigenvalue weighted by molar-refractivity contribution is 6.74. The highest BCUT2D eigenvalue weighted by atomic mass is 28.4. The smallest absolute Gasteiger partial charge is 0.192 e. The molecule has 0 aliphatic rings. The van der Waals surface area contributed by atoms with E-state index in [0.29, 0.717) is 12.3 Å². The van der Waals surface area contributed by atoms with E-state index in [2.05, 4.69) is 128 Å². The number of rotatable bonds is 18. The van der Waals surface area contributed by atoms with Gasteiger partial charge in [-0.25, -0.2) is 0 Å². The van der Waals surface area contributed by atoms with Crippen molar-refractivity contribution in [2.75, 3.05) is 13.7 Å². The lowest BCUT2D eigenvalue weighted by atomic mass is 9.70. The minimum atomic E-state index is -2.11. The summed E-state index contributed by atoms with van der Waals surface area (Å²) < 4.78 is 20.1. The molecule has 0 aliphatic carbocycles. The molecule has 7 atom stereocenters. The molecule has 0 rings (SSSR count). The molecule has 266 valence electrons. The predicted molar refractivity (Wildman–Crippen MR) is 200 cm³/mol. The summed E-state index contributed by atoms with van der Waals surface area (Å²) in [5.41, 5.74) is 1.81. The zero-order chi connectivity index (χ0) is 35.9. The number of carbonyl (C=O) groups excluding carboxylic acids is 1. The fraction of sp³-hybridized carbons (Fsp3) is 0.868. The van der Waals surface area contributed by atoms with Crippen molar-refractivity contribution in [3.8, 4) is 0 Å². The molecular weight excluding hydrogens is 593 g/mol. The van der Waals surface area contributed by atoms with Gasteiger partial charge in [0, 0.05) is 25.6 Å². The van der Waals surface area contributed by atoms with Gasteiger partial charge in [0.05, 0.1) is 23.7 Å². The Morgan fingerprint density at radius 1 is 0.800 bits per heavy atom. The second-order valence-electron chi connectivity index (χ2n) is 18.0. The van der Waals surface area contributed by atoms with Gasteiger partial charge in [-0.1, -0.05) is 101 Å². The number of hydrogen-bond acceptors (Lipinski definition) is 5. The summed E-state index contributed by atoms with van der Waals surface area (Å²) in [6.45, 7) is 41.9. The van der Waals surface area contributed by atoms with Crippen LogP contribution in [0.5, 0.6) is 0 Å². The van der Waals surface area contributed by atoms with Gasteiger partial charge < -0.3 is 18.7 Å². The minimum Gasteiger partial charge on any atom is -0.413 e. The molecule has 0 aliphatic heterocycles. The number of aliphatic hydroxyl groups is 1. The van der Waals surface area contributed by atoms with E-state index in [1.165, 1.54) is 11.1 Å². The summed E-state index contributed by atoms with van der Waals surface area (Å²) in [4.78, 5) is 14.3. The first-order chi connectivity index (χ1) is 20.1. The number of aliphatic hydroxyl groups excluding tert-OH is 1.